The number of rotatable bonds is 3. The second kappa shape index (κ2) is 6.18. The van der Waals surface area contributed by atoms with Gasteiger partial charge in [0.25, 0.3) is 5.91 Å². The highest BCUT2D eigenvalue weighted by Gasteiger charge is 2.13. The summed E-state index contributed by atoms with van der Waals surface area (Å²) in [4.78, 5) is 16.1. The normalized spacial score (nSPS) is 10.1. The van der Waals surface area contributed by atoms with Gasteiger partial charge in [0.15, 0.2) is 0 Å². The fourth-order valence-electron chi connectivity index (χ4n) is 1.41. The van der Waals surface area contributed by atoms with Crippen molar-refractivity contribution < 1.29 is 4.79 Å². The zero-order chi connectivity index (χ0) is 13.8. The Morgan fingerprint density at radius 2 is 1.89 bits per heavy atom. The second-order valence-electron chi connectivity index (χ2n) is 3.63. The van der Waals surface area contributed by atoms with E-state index in [-0.39, 0.29) is 16.6 Å². The van der Waals surface area contributed by atoms with Gasteiger partial charge in [0.1, 0.15) is 11.5 Å². The first-order chi connectivity index (χ1) is 9.10. The molecule has 98 valence electrons. The minimum atomic E-state index is -0.386. The third-order valence-electron chi connectivity index (χ3n) is 2.31. The first-order valence-corrected chi connectivity index (χ1v) is 6.76. The molecule has 5 nitrogen and oxygen atoms in total. The SMILES string of the molecule is NNc1ccc(Cl)c(C(=O)Nc2ccc(I)cc2)n1. The van der Waals surface area contributed by atoms with Crippen molar-refractivity contribution in [1.82, 2.24) is 4.98 Å². The van der Waals surface area contributed by atoms with Crippen molar-refractivity contribution in [3.63, 3.8) is 0 Å². The summed E-state index contributed by atoms with van der Waals surface area (Å²) in [6, 6.07) is 10.5. The number of nitrogens with one attached hydrogen (secondary N) is 2. The zero-order valence-electron chi connectivity index (χ0n) is 9.65. The molecule has 1 heterocycles. The van der Waals surface area contributed by atoms with Crippen LogP contribution in [0.3, 0.4) is 0 Å². The van der Waals surface area contributed by atoms with E-state index < -0.39 is 0 Å². The average molecular weight is 389 g/mol. The van der Waals surface area contributed by atoms with E-state index in [1.54, 1.807) is 24.3 Å². The Labute approximate surface area is 128 Å². The van der Waals surface area contributed by atoms with E-state index in [0.29, 0.717) is 11.5 Å². The summed E-state index contributed by atoms with van der Waals surface area (Å²) >= 11 is 8.13. The largest absolute Gasteiger partial charge is 0.321 e. The van der Waals surface area contributed by atoms with Gasteiger partial charge in [0.2, 0.25) is 0 Å². The quantitative estimate of drug-likeness (QED) is 0.429. The molecular weight excluding hydrogens is 379 g/mol. The number of hydrazine groups is 1. The predicted molar refractivity (Wildman–Crippen MR) is 84.2 cm³/mol. The van der Waals surface area contributed by atoms with Crippen LogP contribution in [-0.4, -0.2) is 10.9 Å². The molecule has 0 radical (unpaired) electrons. The van der Waals surface area contributed by atoms with Gasteiger partial charge in [-0.3, -0.25) is 4.79 Å². The van der Waals surface area contributed by atoms with Crippen molar-refractivity contribution >= 4 is 51.6 Å². The maximum Gasteiger partial charge on any atom is 0.275 e. The number of carbonyl (C=O) groups is 1. The summed E-state index contributed by atoms with van der Waals surface area (Å²) in [7, 11) is 0. The van der Waals surface area contributed by atoms with Gasteiger partial charge in [-0.25, -0.2) is 10.8 Å². The Hall–Kier alpha value is -1.38. The Kier molecular flexibility index (Phi) is 4.56. The van der Waals surface area contributed by atoms with Crippen molar-refractivity contribution in [3.05, 3.63) is 50.7 Å². The Balaban J connectivity index is 2.22. The molecule has 0 saturated heterocycles. The lowest BCUT2D eigenvalue weighted by atomic mass is 10.3. The van der Waals surface area contributed by atoms with Crippen LogP contribution < -0.4 is 16.6 Å². The van der Waals surface area contributed by atoms with Crippen LogP contribution in [0.1, 0.15) is 10.5 Å². The third-order valence-corrected chi connectivity index (χ3v) is 3.34. The number of nitrogen functional groups attached to an aromatic ring is 1. The highest BCUT2D eigenvalue weighted by molar-refractivity contribution is 14.1. The third kappa shape index (κ3) is 3.55. The number of hydrogen-bond acceptors (Lipinski definition) is 4. The molecular formula is C12H10ClIN4O. The molecule has 0 fully saturated rings. The molecule has 0 saturated carbocycles. The minimum absolute atomic E-state index is 0.121. The number of halogens is 2. The first-order valence-electron chi connectivity index (χ1n) is 5.30. The van der Waals surface area contributed by atoms with Crippen LogP contribution in [-0.2, 0) is 0 Å². The van der Waals surface area contributed by atoms with Crippen LogP contribution in [0, 0.1) is 3.57 Å². The monoisotopic (exact) mass is 388 g/mol. The summed E-state index contributed by atoms with van der Waals surface area (Å²) in [5.74, 6) is 5.24. The van der Waals surface area contributed by atoms with Crippen molar-refractivity contribution in [3.8, 4) is 0 Å². The molecule has 1 amide bonds. The van der Waals surface area contributed by atoms with Gasteiger partial charge < -0.3 is 10.7 Å². The lowest BCUT2D eigenvalue weighted by Crippen LogP contribution is -2.16. The van der Waals surface area contributed by atoms with E-state index in [0.717, 1.165) is 3.57 Å². The van der Waals surface area contributed by atoms with E-state index >= 15 is 0 Å². The number of carbonyl (C=O) groups excluding carboxylic acids is 1. The molecule has 0 aliphatic carbocycles. The number of pyridine rings is 1. The molecule has 4 N–H and O–H groups in total. The molecule has 7 heteroatoms. The number of amides is 1. The molecule has 0 unspecified atom stereocenters. The van der Waals surface area contributed by atoms with Crippen LogP contribution in [0.15, 0.2) is 36.4 Å². The van der Waals surface area contributed by atoms with Crippen LogP contribution in [0.4, 0.5) is 11.5 Å². The van der Waals surface area contributed by atoms with Gasteiger partial charge in [0, 0.05) is 9.26 Å². The van der Waals surface area contributed by atoms with Crippen LogP contribution >= 0.6 is 34.2 Å². The summed E-state index contributed by atoms with van der Waals surface area (Å²) in [5.41, 5.74) is 3.17. The smallest absolute Gasteiger partial charge is 0.275 e. The fraction of sp³-hybridized carbons (Fsp3) is 0. The molecule has 19 heavy (non-hydrogen) atoms. The highest BCUT2D eigenvalue weighted by Crippen LogP contribution is 2.18. The van der Waals surface area contributed by atoms with Crippen molar-refractivity contribution in [2.45, 2.75) is 0 Å². The molecule has 1 aromatic heterocycles. The Bertz CT molecular complexity index is 603. The Morgan fingerprint density at radius 1 is 1.21 bits per heavy atom. The van der Waals surface area contributed by atoms with Crippen molar-refractivity contribution in [2.24, 2.45) is 5.84 Å². The summed E-state index contributed by atoms with van der Waals surface area (Å²) in [5, 5.41) is 2.99. The number of nitrogens with zero attached hydrogens (tertiary/aromatic N) is 1. The van der Waals surface area contributed by atoms with Crippen LogP contribution in [0.25, 0.3) is 0 Å². The predicted octanol–water partition coefficient (Wildman–Crippen LogP) is 2.88. The standard InChI is InChI=1S/C12H10ClIN4O/c13-9-5-6-10(18-15)17-11(9)12(19)16-8-3-1-7(14)2-4-8/h1-6H,15H2,(H,16,19)(H,17,18). The van der Waals surface area contributed by atoms with Crippen LogP contribution in [0.5, 0.6) is 0 Å². The number of anilines is 2. The molecule has 0 aliphatic heterocycles. The van der Waals surface area contributed by atoms with Gasteiger partial charge in [-0.2, -0.15) is 0 Å². The fourth-order valence-corrected chi connectivity index (χ4v) is 1.96. The van der Waals surface area contributed by atoms with E-state index in [2.05, 4.69) is 38.3 Å². The topological polar surface area (TPSA) is 80.0 Å². The molecule has 0 aliphatic rings. The van der Waals surface area contributed by atoms with Crippen LogP contribution in [0.2, 0.25) is 5.02 Å². The zero-order valence-corrected chi connectivity index (χ0v) is 12.6. The maximum absolute atomic E-state index is 12.1. The number of benzene rings is 1. The minimum Gasteiger partial charge on any atom is -0.321 e. The molecule has 1 aromatic carbocycles. The van der Waals surface area contributed by atoms with Crippen molar-refractivity contribution in [1.29, 1.82) is 0 Å². The van der Waals surface area contributed by atoms with E-state index in [1.165, 1.54) is 0 Å². The maximum atomic E-state index is 12.1. The van der Waals surface area contributed by atoms with Gasteiger partial charge >= 0.3 is 0 Å². The number of nitrogens with two attached hydrogens (primary N) is 1. The van der Waals surface area contributed by atoms with Gasteiger partial charge in [-0.1, -0.05) is 11.6 Å². The lowest BCUT2D eigenvalue weighted by Gasteiger charge is -2.07. The number of hydrogen-bond donors (Lipinski definition) is 3. The van der Waals surface area contributed by atoms with E-state index in [9.17, 15) is 4.79 Å². The molecule has 0 atom stereocenters. The Morgan fingerprint density at radius 3 is 2.53 bits per heavy atom. The van der Waals surface area contributed by atoms with Crippen molar-refractivity contribution in [2.75, 3.05) is 10.7 Å². The number of aromatic nitrogens is 1. The summed E-state index contributed by atoms with van der Waals surface area (Å²) < 4.78 is 1.08. The second-order valence-corrected chi connectivity index (χ2v) is 5.29. The molecule has 2 rings (SSSR count). The molecule has 0 spiro atoms. The van der Waals surface area contributed by atoms with Gasteiger partial charge in [-0.05, 0) is 59.0 Å². The van der Waals surface area contributed by atoms with Gasteiger partial charge in [-0.15, -0.1) is 0 Å². The summed E-state index contributed by atoms with van der Waals surface area (Å²) in [6.45, 7) is 0. The molecule has 0 bridgehead atoms. The lowest BCUT2D eigenvalue weighted by molar-refractivity contribution is 0.102. The van der Waals surface area contributed by atoms with E-state index in [1.807, 2.05) is 12.1 Å². The van der Waals surface area contributed by atoms with E-state index in [4.69, 9.17) is 17.4 Å². The summed E-state index contributed by atoms with van der Waals surface area (Å²) in [6.07, 6.45) is 0. The average Bonchev–Trinajstić information content (AvgIpc) is 2.42. The highest BCUT2D eigenvalue weighted by atomic mass is 127. The first kappa shape index (κ1) is 14.0. The molecule has 2 aromatic rings. The van der Waals surface area contributed by atoms with Gasteiger partial charge in [0.05, 0.1) is 5.02 Å².